The van der Waals surface area contributed by atoms with Crippen LogP contribution in [0, 0.1) is 5.41 Å². The van der Waals surface area contributed by atoms with Gasteiger partial charge in [-0.25, -0.2) is 9.97 Å². The first-order valence-electron chi connectivity index (χ1n) is 13.7. The highest BCUT2D eigenvalue weighted by Crippen LogP contribution is 2.32. The third kappa shape index (κ3) is 8.13. The molecule has 0 saturated carbocycles. The van der Waals surface area contributed by atoms with Crippen LogP contribution in [0.1, 0.15) is 35.7 Å². The molecule has 14 heteroatoms. The normalized spacial score (nSPS) is 11.6. The van der Waals surface area contributed by atoms with Crippen LogP contribution in [-0.4, -0.2) is 57.8 Å². The van der Waals surface area contributed by atoms with Gasteiger partial charge < -0.3 is 32.7 Å². The lowest BCUT2D eigenvalue weighted by Crippen LogP contribution is -2.44. The number of rotatable bonds is 13. The Balaban J connectivity index is 1.35. The molecule has 2 aromatic carbocycles. The third-order valence-corrected chi connectivity index (χ3v) is 7.23. The van der Waals surface area contributed by atoms with Crippen molar-refractivity contribution in [1.82, 2.24) is 30.3 Å². The molecule has 2 amide bonds. The van der Waals surface area contributed by atoms with Crippen molar-refractivity contribution in [2.45, 2.75) is 32.2 Å². The van der Waals surface area contributed by atoms with Crippen LogP contribution in [0.4, 0.5) is 11.5 Å². The number of carbonyl (C=O) groups excluding carboxylic acids is 2. The van der Waals surface area contributed by atoms with Crippen molar-refractivity contribution in [2.75, 3.05) is 25.0 Å². The average Bonchev–Trinajstić information content (AvgIpc) is 3.42. The van der Waals surface area contributed by atoms with Crippen LogP contribution < -0.4 is 32.7 Å². The van der Waals surface area contributed by atoms with Gasteiger partial charge in [0.25, 0.3) is 5.91 Å². The van der Waals surface area contributed by atoms with Gasteiger partial charge in [0.2, 0.25) is 5.91 Å². The fourth-order valence-corrected chi connectivity index (χ4v) is 5.00. The van der Waals surface area contributed by atoms with Gasteiger partial charge >= 0.3 is 0 Å². The number of nitrogens with two attached hydrogens (primary N) is 2. The van der Waals surface area contributed by atoms with Crippen molar-refractivity contribution < 1.29 is 9.59 Å². The number of aromatic nitrogens is 3. The lowest BCUT2D eigenvalue weighted by molar-refractivity contribution is -0.122. The Hall–Kier alpha value is -4.39. The SMILES string of the molecule is CCc1cc(Nc2nccn3c(-c4ccc(Cl)cc4Cl)cnc23)ccc1C(=O)NCCNC(=O)C(N)CCCNC(=N)N. The van der Waals surface area contributed by atoms with Gasteiger partial charge in [0.1, 0.15) is 0 Å². The molecule has 0 spiro atoms. The van der Waals surface area contributed by atoms with Crippen LogP contribution >= 0.6 is 23.2 Å². The number of imidazole rings is 1. The van der Waals surface area contributed by atoms with Gasteiger partial charge in [-0.05, 0) is 61.2 Å². The molecule has 12 nitrogen and oxygen atoms in total. The summed E-state index contributed by atoms with van der Waals surface area (Å²) in [6.07, 6.45) is 6.88. The number of anilines is 2. The van der Waals surface area contributed by atoms with Crippen molar-refractivity contribution in [3.05, 3.63) is 76.2 Å². The summed E-state index contributed by atoms with van der Waals surface area (Å²) in [5.74, 6) is -0.117. The van der Waals surface area contributed by atoms with Gasteiger partial charge in [0.15, 0.2) is 17.4 Å². The maximum absolute atomic E-state index is 12.9. The summed E-state index contributed by atoms with van der Waals surface area (Å²) < 4.78 is 1.89. The van der Waals surface area contributed by atoms with Crippen LogP contribution in [-0.2, 0) is 11.2 Å². The highest BCUT2D eigenvalue weighted by Gasteiger charge is 2.16. The lowest BCUT2D eigenvalue weighted by Gasteiger charge is -2.14. The van der Waals surface area contributed by atoms with Gasteiger partial charge in [0, 0.05) is 53.9 Å². The van der Waals surface area contributed by atoms with E-state index in [-0.39, 0.29) is 30.9 Å². The second kappa shape index (κ2) is 14.7. The topological polar surface area (TPSA) is 188 Å². The van der Waals surface area contributed by atoms with E-state index in [1.165, 1.54) is 0 Å². The van der Waals surface area contributed by atoms with Gasteiger partial charge in [-0.15, -0.1) is 0 Å². The first-order chi connectivity index (χ1) is 20.7. The Bertz CT molecular complexity index is 1620. The molecule has 0 radical (unpaired) electrons. The Morgan fingerprint density at radius 2 is 1.84 bits per heavy atom. The maximum Gasteiger partial charge on any atom is 0.251 e. The zero-order valence-corrected chi connectivity index (χ0v) is 25.1. The second-order valence-corrected chi connectivity index (χ2v) is 10.6. The Morgan fingerprint density at radius 1 is 1.05 bits per heavy atom. The van der Waals surface area contributed by atoms with Crippen molar-refractivity contribution >= 4 is 58.1 Å². The summed E-state index contributed by atoms with van der Waals surface area (Å²) in [6.45, 7) is 2.93. The van der Waals surface area contributed by atoms with Crippen LogP contribution in [0.5, 0.6) is 0 Å². The van der Waals surface area contributed by atoms with E-state index in [0.29, 0.717) is 52.9 Å². The van der Waals surface area contributed by atoms with Crippen LogP contribution in [0.25, 0.3) is 16.9 Å². The minimum atomic E-state index is -0.680. The number of nitrogens with one attached hydrogen (secondary N) is 5. The molecule has 226 valence electrons. The van der Waals surface area contributed by atoms with Gasteiger partial charge in [-0.2, -0.15) is 0 Å². The summed E-state index contributed by atoms with van der Waals surface area (Å²) in [7, 11) is 0. The van der Waals surface area contributed by atoms with Crippen molar-refractivity contribution in [1.29, 1.82) is 5.41 Å². The number of amides is 2. The van der Waals surface area contributed by atoms with Crippen LogP contribution in [0.2, 0.25) is 10.0 Å². The zero-order chi connectivity index (χ0) is 30.9. The van der Waals surface area contributed by atoms with Crippen LogP contribution in [0.3, 0.4) is 0 Å². The molecule has 0 saturated heterocycles. The van der Waals surface area contributed by atoms with E-state index in [2.05, 4.69) is 31.2 Å². The summed E-state index contributed by atoms with van der Waals surface area (Å²) in [6, 6.07) is 10.1. The first-order valence-corrected chi connectivity index (χ1v) is 14.5. The molecule has 1 atom stereocenters. The fraction of sp³-hybridized carbons (Fsp3) is 0.276. The molecule has 4 rings (SSSR count). The molecule has 43 heavy (non-hydrogen) atoms. The van der Waals surface area contributed by atoms with E-state index >= 15 is 0 Å². The van der Waals surface area contributed by atoms with E-state index in [9.17, 15) is 9.59 Å². The summed E-state index contributed by atoms with van der Waals surface area (Å²) in [4.78, 5) is 34.1. The van der Waals surface area contributed by atoms with E-state index < -0.39 is 6.04 Å². The minimum Gasteiger partial charge on any atom is -0.370 e. The smallest absolute Gasteiger partial charge is 0.251 e. The monoisotopic (exact) mass is 624 g/mol. The number of benzene rings is 2. The Morgan fingerprint density at radius 3 is 2.58 bits per heavy atom. The molecule has 0 aliphatic rings. The third-order valence-electron chi connectivity index (χ3n) is 6.68. The molecule has 2 heterocycles. The minimum absolute atomic E-state index is 0.120. The highest BCUT2D eigenvalue weighted by molar-refractivity contribution is 6.36. The molecule has 1 unspecified atom stereocenters. The molecule has 0 aliphatic heterocycles. The summed E-state index contributed by atoms with van der Waals surface area (Å²) in [5, 5.41) is 19.8. The summed E-state index contributed by atoms with van der Waals surface area (Å²) in [5.41, 5.74) is 15.5. The number of fused-ring (bicyclic) bond motifs is 1. The average molecular weight is 626 g/mol. The summed E-state index contributed by atoms with van der Waals surface area (Å²) >= 11 is 12.5. The largest absolute Gasteiger partial charge is 0.370 e. The molecule has 0 fully saturated rings. The number of hydrogen-bond acceptors (Lipinski definition) is 7. The number of hydrogen-bond donors (Lipinski definition) is 7. The fourth-order valence-electron chi connectivity index (χ4n) is 4.49. The van der Waals surface area contributed by atoms with Crippen molar-refractivity contribution in [3.8, 4) is 11.3 Å². The quantitative estimate of drug-likeness (QED) is 0.0668. The van der Waals surface area contributed by atoms with E-state index in [4.69, 9.17) is 40.1 Å². The zero-order valence-electron chi connectivity index (χ0n) is 23.6. The maximum atomic E-state index is 12.9. The number of nitrogens with zero attached hydrogens (tertiary/aromatic N) is 3. The molecular weight excluding hydrogens is 591 g/mol. The Kier molecular flexibility index (Phi) is 10.8. The lowest BCUT2D eigenvalue weighted by atomic mass is 10.0. The molecule has 0 bridgehead atoms. The highest BCUT2D eigenvalue weighted by atomic mass is 35.5. The molecule has 2 aromatic heterocycles. The molecule has 4 aromatic rings. The molecule has 9 N–H and O–H groups in total. The number of guanidine groups is 1. The number of carbonyl (C=O) groups is 2. The van der Waals surface area contributed by atoms with E-state index in [1.807, 2.05) is 29.7 Å². The number of aryl methyl sites for hydroxylation is 1. The van der Waals surface area contributed by atoms with Gasteiger partial charge in [-0.3, -0.25) is 19.4 Å². The van der Waals surface area contributed by atoms with E-state index in [0.717, 1.165) is 22.5 Å². The van der Waals surface area contributed by atoms with E-state index in [1.54, 1.807) is 36.7 Å². The molecular formula is C29H34Cl2N10O2. The second-order valence-electron chi connectivity index (χ2n) is 9.72. The predicted molar refractivity (Wildman–Crippen MR) is 170 cm³/mol. The van der Waals surface area contributed by atoms with Crippen molar-refractivity contribution in [2.24, 2.45) is 11.5 Å². The first kappa shape index (κ1) is 31.5. The van der Waals surface area contributed by atoms with Gasteiger partial charge in [-0.1, -0.05) is 30.1 Å². The number of halogens is 2. The standard InChI is InChI=1S/C29H34Cl2N10O2/c1-2-17-14-19(6-8-20(17)27(42)36-10-11-37-28(43)23(32)4-3-9-38-29(33)34)40-25-26-39-16-24(41(26)13-12-35-25)21-7-5-18(30)15-22(21)31/h5-8,12-16,23H,2-4,9-11,32H2,1H3,(H,35,40)(H,36,42)(H,37,43)(H4,33,34,38). The Labute approximate surface area is 259 Å². The van der Waals surface area contributed by atoms with Gasteiger partial charge in [0.05, 0.1) is 23.0 Å². The van der Waals surface area contributed by atoms with Crippen LogP contribution in [0.15, 0.2) is 55.0 Å². The predicted octanol–water partition coefficient (Wildman–Crippen LogP) is 3.45. The van der Waals surface area contributed by atoms with Crippen molar-refractivity contribution in [3.63, 3.8) is 0 Å². The molecule has 0 aliphatic carbocycles.